The summed E-state index contributed by atoms with van der Waals surface area (Å²) in [5.74, 6) is 0.159. The molecule has 2 fully saturated rings. The van der Waals surface area contributed by atoms with Gasteiger partial charge < -0.3 is 15.5 Å². The Labute approximate surface area is 125 Å². The van der Waals surface area contributed by atoms with Gasteiger partial charge >= 0.3 is 0 Å². The molecule has 3 heterocycles. The summed E-state index contributed by atoms with van der Waals surface area (Å²) in [5.41, 5.74) is 6.08. The number of amides is 1. The Morgan fingerprint density at radius 3 is 2.67 bits per heavy atom. The second kappa shape index (κ2) is 6.39. The maximum absolute atomic E-state index is 12.6. The maximum Gasteiger partial charge on any atom is 0.276 e. The van der Waals surface area contributed by atoms with E-state index in [2.05, 4.69) is 14.9 Å². The summed E-state index contributed by atoms with van der Waals surface area (Å²) >= 11 is 0. The van der Waals surface area contributed by atoms with E-state index in [4.69, 9.17) is 5.73 Å². The minimum absolute atomic E-state index is 0.0693. The van der Waals surface area contributed by atoms with Gasteiger partial charge in [-0.3, -0.25) is 4.79 Å². The molecule has 1 aromatic heterocycles. The summed E-state index contributed by atoms with van der Waals surface area (Å²) in [6, 6.07) is 0.289. The summed E-state index contributed by atoms with van der Waals surface area (Å²) < 4.78 is 0. The van der Waals surface area contributed by atoms with E-state index in [0.29, 0.717) is 5.69 Å². The molecule has 114 valence electrons. The van der Waals surface area contributed by atoms with Gasteiger partial charge in [0, 0.05) is 31.5 Å². The third-order valence-corrected chi connectivity index (χ3v) is 4.48. The lowest BCUT2D eigenvalue weighted by molar-refractivity contribution is 0.0685. The number of nitrogens with zero attached hydrogens (tertiary/aromatic N) is 4. The molecule has 6 nitrogen and oxygen atoms in total. The van der Waals surface area contributed by atoms with Crippen molar-refractivity contribution in [3.63, 3.8) is 0 Å². The Balaban J connectivity index is 1.68. The lowest BCUT2D eigenvalue weighted by Gasteiger charge is -2.32. The van der Waals surface area contributed by atoms with E-state index in [-0.39, 0.29) is 17.8 Å². The number of carbonyl (C=O) groups excluding carboxylic acids is 1. The van der Waals surface area contributed by atoms with Crippen LogP contribution in [0.25, 0.3) is 0 Å². The quantitative estimate of drug-likeness (QED) is 0.903. The van der Waals surface area contributed by atoms with E-state index in [9.17, 15) is 4.79 Å². The predicted molar refractivity (Wildman–Crippen MR) is 80.8 cm³/mol. The molecule has 2 saturated heterocycles. The second-order valence-electron chi connectivity index (χ2n) is 5.95. The zero-order chi connectivity index (χ0) is 14.7. The molecule has 1 atom stereocenters. The van der Waals surface area contributed by atoms with Crippen LogP contribution in [-0.2, 0) is 0 Å². The molecule has 1 amide bonds. The van der Waals surface area contributed by atoms with Crippen LogP contribution >= 0.6 is 0 Å². The SMILES string of the molecule is Nc1nccnc1C(=O)N1CCCC1CN1CCCCC1. The van der Waals surface area contributed by atoms with Crippen molar-refractivity contribution in [1.29, 1.82) is 0 Å². The van der Waals surface area contributed by atoms with E-state index < -0.39 is 0 Å². The third kappa shape index (κ3) is 3.15. The van der Waals surface area contributed by atoms with Gasteiger partial charge in [-0.15, -0.1) is 0 Å². The number of nitrogens with two attached hydrogens (primary N) is 1. The Kier molecular flexibility index (Phi) is 4.34. The summed E-state index contributed by atoms with van der Waals surface area (Å²) in [4.78, 5) is 25.2. The van der Waals surface area contributed by atoms with Gasteiger partial charge in [0.2, 0.25) is 0 Å². The molecular formula is C15H23N5O. The van der Waals surface area contributed by atoms with E-state index in [1.807, 2.05) is 4.90 Å². The fraction of sp³-hybridized carbons (Fsp3) is 0.667. The third-order valence-electron chi connectivity index (χ3n) is 4.48. The molecule has 3 rings (SSSR count). The number of anilines is 1. The first-order chi connectivity index (χ1) is 10.3. The van der Waals surface area contributed by atoms with Crippen LogP contribution in [0.3, 0.4) is 0 Å². The maximum atomic E-state index is 12.6. The molecule has 0 saturated carbocycles. The minimum atomic E-state index is -0.0693. The minimum Gasteiger partial charge on any atom is -0.382 e. The molecule has 6 heteroatoms. The molecule has 2 aliphatic heterocycles. The van der Waals surface area contributed by atoms with Crippen molar-refractivity contribution >= 4 is 11.7 Å². The number of rotatable bonds is 3. The summed E-state index contributed by atoms with van der Waals surface area (Å²) in [7, 11) is 0. The molecule has 0 spiro atoms. The molecule has 2 aliphatic rings. The van der Waals surface area contributed by atoms with Crippen molar-refractivity contribution in [3.05, 3.63) is 18.1 Å². The van der Waals surface area contributed by atoms with Crippen LogP contribution in [0.5, 0.6) is 0 Å². The van der Waals surface area contributed by atoms with Crippen LogP contribution in [0.2, 0.25) is 0 Å². The number of aromatic nitrogens is 2. The van der Waals surface area contributed by atoms with Crippen LogP contribution in [0, 0.1) is 0 Å². The molecule has 1 unspecified atom stereocenters. The molecule has 0 radical (unpaired) electrons. The van der Waals surface area contributed by atoms with Crippen LogP contribution in [0.15, 0.2) is 12.4 Å². The zero-order valence-electron chi connectivity index (χ0n) is 12.4. The fourth-order valence-corrected chi connectivity index (χ4v) is 3.38. The fourth-order valence-electron chi connectivity index (χ4n) is 3.38. The van der Waals surface area contributed by atoms with Gasteiger partial charge in [-0.25, -0.2) is 9.97 Å². The normalized spacial score (nSPS) is 23.4. The van der Waals surface area contributed by atoms with E-state index in [1.54, 1.807) is 0 Å². The van der Waals surface area contributed by atoms with E-state index >= 15 is 0 Å². The summed E-state index contributed by atoms with van der Waals surface area (Å²) in [6.45, 7) is 4.09. The highest BCUT2D eigenvalue weighted by atomic mass is 16.2. The van der Waals surface area contributed by atoms with Gasteiger partial charge in [0.25, 0.3) is 5.91 Å². The predicted octanol–water partition coefficient (Wildman–Crippen LogP) is 1.15. The average molecular weight is 289 g/mol. The standard InChI is InChI=1S/C15H23N5O/c16-14-13(17-6-7-18-14)15(21)20-10-4-5-12(20)11-19-8-2-1-3-9-19/h6-7,12H,1-5,8-11H2,(H2,16,18). The number of carbonyl (C=O) groups is 1. The highest BCUT2D eigenvalue weighted by molar-refractivity contribution is 5.96. The first-order valence-corrected chi connectivity index (χ1v) is 7.85. The number of hydrogen-bond acceptors (Lipinski definition) is 5. The highest BCUT2D eigenvalue weighted by Gasteiger charge is 2.32. The first-order valence-electron chi connectivity index (χ1n) is 7.85. The molecule has 21 heavy (non-hydrogen) atoms. The summed E-state index contributed by atoms with van der Waals surface area (Å²) in [6.07, 6.45) is 9.06. The van der Waals surface area contributed by atoms with Gasteiger partial charge in [0.15, 0.2) is 11.5 Å². The van der Waals surface area contributed by atoms with Crippen molar-refractivity contribution in [1.82, 2.24) is 19.8 Å². The zero-order valence-corrected chi connectivity index (χ0v) is 12.4. The van der Waals surface area contributed by atoms with Gasteiger partial charge in [0.05, 0.1) is 0 Å². The van der Waals surface area contributed by atoms with Crippen LogP contribution in [0.4, 0.5) is 5.82 Å². The number of piperidine rings is 1. The first kappa shape index (κ1) is 14.3. The van der Waals surface area contributed by atoms with Crippen LogP contribution in [-0.4, -0.2) is 57.9 Å². The van der Waals surface area contributed by atoms with Crippen molar-refractivity contribution in [3.8, 4) is 0 Å². The van der Waals surface area contributed by atoms with Crippen molar-refractivity contribution < 1.29 is 4.79 Å². The van der Waals surface area contributed by atoms with Crippen LogP contribution < -0.4 is 5.73 Å². The molecule has 0 aromatic carbocycles. The molecular weight excluding hydrogens is 266 g/mol. The van der Waals surface area contributed by atoms with Crippen molar-refractivity contribution in [2.24, 2.45) is 0 Å². The molecule has 1 aromatic rings. The smallest absolute Gasteiger partial charge is 0.276 e. The Hall–Kier alpha value is -1.69. The van der Waals surface area contributed by atoms with Gasteiger partial charge in [0.1, 0.15) is 0 Å². The Morgan fingerprint density at radius 1 is 1.14 bits per heavy atom. The largest absolute Gasteiger partial charge is 0.382 e. The lowest BCUT2D eigenvalue weighted by Crippen LogP contribution is -2.45. The topological polar surface area (TPSA) is 75.3 Å². The second-order valence-corrected chi connectivity index (χ2v) is 5.95. The van der Waals surface area contributed by atoms with Gasteiger partial charge in [-0.1, -0.05) is 6.42 Å². The molecule has 0 bridgehead atoms. The monoisotopic (exact) mass is 289 g/mol. The summed E-state index contributed by atoms with van der Waals surface area (Å²) in [5, 5.41) is 0. The van der Waals surface area contributed by atoms with E-state index in [1.165, 1.54) is 31.7 Å². The number of likely N-dealkylation sites (tertiary alicyclic amines) is 2. The van der Waals surface area contributed by atoms with Gasteiger partial charge in [-0.05, 0) is 38.8 Å². The Morgan fingerprint density at radius 2 is 1.90 bits per heavy atom. The van der Waals surface area contributed by atoms with Crippen molar-refractivity contribution in [2.75, 3.05) is 31.9 Å². The van der Waals surface area contributed by atoms with Crippen LogP contribution in [0.1, 0.15) is 42.6 Å². The number of nitrogen functional groups attached to an aromatic ring is 1. The van der Waals surface area contributed by atoms with E-state index in [0.717, 1.165) is 39.0 Å². The Bertz CT molecular complexity index is 501. The molecule has 0 aliphatic carbocycles. The number of hydrogen-bond donors (Lipinski definition) is 1. The lowest BCUT2D eigenvalue weighted by atomic mass is 10.1. The molecule has 2 N–H and O–H groups in total. The average Bonchev–Trinajstić information content (AvgIpc) is 2.96. The van der Waals surface area contributed by atoms with Crippen molar-refractivity contribution in [2.45, 2.75) is 38.1 Å². The van der Waals surface area contributed by atoms with Gasteiger partial charge in [-0.2, -0.15) is 0 Å². The highest BCUT2D eigenvalue weighted by Crippen LogP contribution is 2.22.